The molecule has 0 heterocycles. The van der Waals surface area contributed by atoms with E-state index in [1.165, 1.54) is 18.0 Å². The summed E-state index contributed by atoms with van der Waals surface area (Å²) in [6.45, 7) is 3.78. The Balaban J connectivity index is 2.30. The lowest BCUT2D eigenvalue weighted by Gasteiger charge is -2.19. The highest BCUT2D eigenvalue weighted by Crippen LogP contribution is 2.02. The third-order valence-corrected chi connectivity index (χ3v) is 4.19. The van der Waals surface area contributed by atoms with Crippen molar-refractivity contribution in [2.45, 2.75) is 12.5 Å². The molecule has 1 aromatic rings. The monoisotopic (exact) mass is 278 g/mol. The van der Waals surface area contributed by atoms with Gasteiger partial charge in [-0.2, -0.15) is 0 Å². The highest BCUT2D eigenvalue weighted by atomic mass is 28.2. The van der Waals surface area contributed by atoms with E-state index in [4.69, 9.17) is 10.2 Å². The van der Waals surface area contributed by atoms with Gasteiger partial charge in [-0.1, -0.05) is 42.5 Å². The molecule has 4 heteroatoms. The van der Waals surface area contributed by atoms with Gasteiger partial charge in [0, 0.05) is 26.7 Å². The highest BCUT2D eigenvalue weighted by molar-refractivity contribution is 6.26. The van der Waals surface area contributed by atoms with Gasteiger partial charge in [0.2, 0.25) is 0 Å². The van der Waals surface area contributed by atoms with Crippen molar-refractivity contribution in [1.29, 1.82) is 0 Å². The summed E-state index contributed by atoms with van der Waals surface area (Å²) in [5.41, 5.74) is 6.91. The van der Waals surface area contributed by atoms with E-state index in [0.29, 0.717) is 0 Å². The Morgan fingerprint density at radius 1 is 1.26 bits per heavy atom. The second-order valence-corrected chi connectivity index (χ2v) is 6.29. The molecular weight excluding hydrogens is 252 g/mol. The Morgan fingerprint density at radius 2 is 2.05 bits per heavy atom. The minimum absolute atomic E-state index is 0.272. The molecule has 0 aliphatic carbocycles. The van der Waals surface area contributed by atoms with Gasteiger partial charge in [-0.3, -0.25) is 4.90 Å². The van der Waals surface area contributed by atoms with Crippen molar-refractivity contribution in [3.63, 3.8) is 0 Å². The van der Waals surface area contributed by atoms with Crippen LogP contribution in [0.1, 0.15) is 12.0 Å². The van der Waals surface area contributed by atoms with Crippen LogP contribution in [0.25, 0.3) is 6.08 Å². The Hall–Kier alpha value is -0.943. The van der Waals surface area contributed by atoms with E-state index in [1.807, 2.05) is 13.2 Å². The maximum Gasteiger partial charge on any atom is 0.161 e. The summed E-state index contributed by atoms with van der Waals surface area (Å²) in [7, 11) is 1.54. The summed E-state index contributed by atoms with van der Waals surface area (Å²) in [6, 6.07) is 11.7. The molecular formula is C15H26N2OSi. The molecule has 0 aromatic heterocycles. The fourth-order valence-corrected chi connectivity index (χ4v) is 2.68. The molecule has 0 unspecified atom stereocenters. The van der Waals surface area contributed by atoms with Crippen LogP contribution in [0.15, 0.2) is 36.4 Å². The first-order valence-electron chi connectivity index (χ1n) is 6.99. The number of nitrogens with two attached hydrogens (primary N) is 1. The third-order valence-electron chi connectivity index (χ3n) is 2.99. The molecule has 0 bridgehead atoms. The van der Waals surface area contributed by atoms with Crippen molar-refractivity contribution < 1.29 is 4.43 Å². The lowest BCUT2D eigenvalue weighted by atomic mass is 10.2. The zero-order valence-electron chi connectivity index (χ0n) is 11.9. The van der Waals surface area contributed by atoms with Gasteiger partial charge in [0.05, 0.1) is 0 Å². The van der Waals surface area contributed by atoms with Gasteiger partial charge in [-0.05, 0) is 24.6 Å². The number of hydrogen-bond donors (Lipinski definition) is 1. The summed E-state index contributed by atoms with van der Waals surface area (Å²) in [5.74, 6) is 0. The predicted molar refractivity (Wildman–Crippen MR) is 85.9 cm³/mol. The van der Waals surface area contributed by atoms with Crippen LogP contribution in [-0.4, -0.2) is 48.0 Å². The van der Waals surface area contributed by atoms with Crippen LogP contribution in [-0.2, 0) is 4.43 Å². The van der Waals surface area contributed by atoms with Crippen molar-refractivity contribution in [2.75, 3.05) is 33.3 Å². The quantitative estimate of drug-likeness (QED) is 0.521. The van der Waals surface area contributed by atoms with Gasteiger partial charge in [0.25, 0.3) is 0 Å². The smallest absolute Gasteiger partial charge is 0.161 e. The number of hydrogen-bond acceptors (Lipinski definition) is 3. The Morgan fingerprint density at radius 3 is 2.74 bits per heavy atom. The Bertz CT molecular complexity index is 343. The number of nitrogens with zero attached hydrogens (tertiary/aromatic N) is 1. The standard InChI is InChI=1S/C15H26N2OSi/c1-18-19-14-6-12-17(13-10-16)11-5-9-15-7-3-2-4-8-15/h2-5,7-9H,6,10-14,16,19H2,1H3. The van der Waals surface area contributed by atoms with Gasteiger partial charge < -0.3 is 10.2 Å². The van der Waals surface area contributed by atoms with E-state index in [9.17, 15) is 0 Å². The van der Waals surface area contributed by atoms with Crippen LogP contribution in [0.3, 0.4) is 0 Å². The van der Waals surface area contributed by atoms with Crippen LogP contribution in [0.5, 0.6) is 0 Å². The maximum absolute atomic E-state index is 5.66. The molecule has 0 spiro atoms. The van der Waals surface area contributed by atoms with Gasteiger partial charge >= 0.3 is 0 Å². The Labute approximate surface area is 119 Å². The number of benzene rings is 1. The van der Waals surface area contributed by atoms with Crippen molar-refractivity contribution in [1.82, 2.24) is 4.90 Å². The van der Waals surface area contributed by atoms with Gasteiger partial charge in [0.1, 0.15) is 0 Å². The second-order valence-electron chi connectivity index (χ2n) is 4.60. The van der Waals surface area contributed by atoms with E-state index in [-0.39, 0.29) is 9.76 Å². The van der Waals surface area contributed by atoms with Crippen molar-refractivity contribution >= 4 is 15.8 Å². The van der Waals surface area contributed by atoms with E-state index >= 15 is 0 Å². The van der Waals surface area contributed by atoms with Crippen LogP contribution in [0, 0.1) is 0 Å². The summed E-state index contributed by atoms with van der Waals surface area (Å²) >= 11 is 0. The van der Waals surface area contributed by atoms with Crippen LogP contribution in [0.2, 0.25) is 6.04 Å². The SMILES string of the molecule is CO[SiH2]CCCN(CC=Cc1ccccc1)CCN. The second kappa shape index (κ2) is 10.9. The van der Waals surface area contributed by atoms with Crippen LogP contribution < -0.4 is 5.73 Å². The van der Waals surface area contributed by atoms with Crippen molar-refractivity contribution in [3.05, 3.63) is 42.0 Å². The fraction of sp³-hybridized carbons (Fsp3) is 0.467. The van der Waals surface area contributed by atoms with Crippen molar-refractivity contribution in [2.24, 2.45) is 5.73 Å². The fourth-order valence-electron chi connectivity index (χ4n) is 1.96. The summed E-state index contributed by atoms with van der Waals surface area (Å²) in [5, 5.41) is 0. The first kappa shape index (κ1) is 16.1. The highest BCUT2D eigenvalue weighted by Gasteiger charge is 2.01. The topological polar surface area (TPSA) is 38.5 Å². The largest absolute Gasteiger partial charge is 0.427 e. The van der Waals surface area contributed by atoms with Gasteiger partial charge in [-0.25, -0.2) is 0 Å². The molecule has 1 aromatic carbocycles. The minimum atomic E-state index is -0.272. The van der Waals surface area contributed by atoms with E-state index in [1.54, 1.807) is 0 Å². The van der Waals surface area contributed by atoms with Crippen molar-refractivity contribution in [3.8, 4) is 0 Å². The maximum atomic E-state index is 5.66. The average molecular weight is 278 g/mol. The Kier molecular flexibility index (Phi) is 9.27. The molecule has 0 saturated carbocycles. The molecule has 19 heavy (non-hydrogen) atoms. The van der Waals surface area contributed by atoms with Crippen LogP contribution in [0.4, 0.5) is 0 Å². The molecule has 2 N–H and O–H groups in total. The molecule has 0 saturated heterocycles. The van der Waals surface area contributed by atoms with Crippen LogP contribution >= 0.6 is 0 Å². The first-order valence-corrected chi connectivity index (χ1v) is 8.57. The molecule has 0 radical (unpaired) electrons. The molecule has 0 aliphatic rings. The lowest BCUT2D eigenvalue weighted by Crippen LogP contribution is -2.30. The van der Waals surface area contributed by atoms with Gasteiger partial charge in [-0.15, -0.1) is 0 Å². The minimum Gasteiger partial charge on any atom is -0.427 e. The first-order chi connectivity index (χ1) is 9.36. The van der Waals surface area contributed by atoms with E-state index < -0.39 is 0 Å². The predicted octanol–water partition coefficient (Wildman–Crippen LogP) is 1.50. The lowest BCUT2D eigenvalue weighted by molar-refractivity contribution is 0.310. The zero-order valence-corrected chi connectivity index (χ0v) is 13.3. The molecule has 0 amide bonds. The summed E-state index contributed by atoms with van der Waals surface area (Å²) < 4.78 is 5.20. The normalized spacial score (nSPS) is 12.2. The number of rotatable bonds is 10. The molecule has 1 rings (SSSR count). The molecule has 0 aliphatic heterocycles. The summed E-state index contributed by atoms with van der Waals surface area (Å²) in [6.07, 6.45) is 5.62. The molecule has 3 nitrogen and oxygen atoms in total. The zero-order chi connectivity index (χ0) is 13.8. The van der Waals surface area contributed by atoms with Gasteiger partial charge in [0.15, 0.2) is 9.76 Å². The average Bonchev–Trinajstić information content (AvgIpc) is 2.44. The summed E-state index contributed by atoms with van der Waals surface area (Å²) in [4.78, 5) is 2.41. The van der Waals surface area contributed by atoms with E-state index in [0.717, 1.165) is 26.2 Å². The van der Waals surface area contributed by atoms with E-state index in [2.05, 4.69) is 41.3 Å². The molecule has 0 atom stereocenters. The third kappa shape index (κ3) is 7.95. The molecule has 0 fully saturated rings. The molecule has 106 valence electrons.